The number of carbonyl (C=O) groups is 1. The van der Waals surface area contributed by atoms with Crippen LogP contribution < -0.4 is 10.6 Å². The summed E-state index contributed by atoms with van der Waals surface area (Å²) in [6, 6.07) is 0. The fourth-order valence-corrected chi connectivity index (χ4v) is 2.22. The minimum Gasteiger partial charge on any atom is -0.378 e. The summed E-state index contributed by atoms with van der Waals surface area (Å²) < 4.78 is 7.40. The molecule has 2 heterocycles. The van der Waals surface area contributed by atoms with E-state index in [0.717, 1.165) is 37.3 Å². The second-order valence-electron chi connectivity index (χ2n) is 4.92. The van der Waals surface area contributed by atoms with Gasteiger partial charge in [-0.05, 0) is 32.9 Å². The zero-order chi connectivity index (χ0) is 13.7. The van der Waals surface area contributed by atoms with E-state index in [1.54, 1.807) is 10.9 Å². The van der Waals surface area contributed by atoms with E-state index in [4.69, 9.17) is 4.74 Å². The largest absolute Gasteiger partial charge is 0.378 e. The van der Waals surface area contributed by atoms with Gasteiger partial charge in [0.15, 0.2) is 0 Å². The van der Waals surface area contributed by atoms with Crippen LogP contribution in [0.5, 0.6) is 0 Å². The van der Waals surface area contributed by atoms with Crippen LogP contribution in [0.1, 0.15) is 25.0 Å². The molecule has 0 spiro atoms. The molecule has 0 unspecified atom stereocenters. The highest BCUT2D eigenvalue weighted by Gasteiger charge is 2.14. The third-order valence-electron chi connectivity index (χ3n) is 3.26. The Morgan fingerprint density at radius 2 is 2.32 bits per heavy atom. The highest BCUT2D eigenvalue weighted by atomic mass is 16.5. The first kappa shape index (κ1) is 14.0. The summed E-state index contributed by atoms with van der Waals surface area (Å²) >= 11 is 0. The fourth-order valence-electron chi connectivity index (χ4n) is 2.22. The van der Waals surface area contributed by atoms with Crippen LogP contribution >= 0.6 is 0 Å². The quantitative estimate of drug-likeness (QED) is 0.828. The van der Waals surface area contributed by atoms with E-state index in [2.05, 4.69) is 15.7 Å². The standard InChI is InChI=1S/C13H22N4O2/c1-10-12(9-17(2)16-10)15-13(18)5-8-19-11-3-6-14-7-4-11/h9,11,14H,3-8H2,1-2H3,(H,15,18). The number of nitrogens with one attached hydrogen (secondary N) is 2. The smallest absolute Gasteiger partial charge is 0.226 e. The number of piperidine rings is 1. The van der Waals surface area contributed by atoms with Crippen LogP contribution in [0.4, 0.5) is 5.69 Å². The van der Waals surface area contributed by atoms with Crippen molar-refractivity contribution in [1.29, 1.82) is 0 Å². The Morgan fingerprint density at radius 3 is 2.95 bits per heavy atom. The number of aryl methyl sites for hydroxylation is 2. The SMILES string of the molecule is Cc1nn(C)cc1NC(=O)CCOC1CCNCC1. The molecule has 1 aromatic heterocycles. The van der Waals surface area contributed by atoms with Crippen molar-refractivity contribution in [2.24, 2.45) is 7.05 Å². The molecule has 0 saturated carbocycles. The molecule has 2 rings (SSSR count). The van der Waals surface area contributed by atoms with Gasteiger partial charge in [0, 0.05) is 13.2 Å². The van der Waals surface area contributed by atoms with E-state index in [1.165, 1.54) is 0 Å². The van der Waals surface area contributed by atoms with Gasteiger partial charge in [0.1, 0.15) is 0 Å². The molecule has 0 bridgehead atoms. The number of aromatic nitrogens is 2. The zero-order valence-electron chi connectivity index (χ0n) is 11.6. The normalized spacial score (nSPS) is 16.5. The lowest BCUT2D eigenvalue weighted by Crippen LogP contribution is -2.33. The Kier molecular flexibility index (Phi) is 4.93. The minimum atomic E-state index is -0.0231. The van der Waals surface area contributed by atoms with Crippen molar-refractivity contribution in [2.75, 3.05) is 25.0 Å². The van der Waals surface area contributed by atoms with Gasteiger partial charge >= 0.3 is 0 Å². The second-order valence-corrected chi connectivity index (χ2v) is 4.92. The van der Waals surface area contributed by atoms with Gasteiger partial charge < -0.3 is 15.4 Å². The average Bonchev–Trinajstić information content (AvgIpc) is 2.69. The first-order valence-electron chi connectivity index (χ1n) is 6.77. The monoisotopic (exact) mass is 266 g/mol. The van der Waals surface area contributed by atoms with Crippen LogP contribution in [0.15, 0.2) is 6.20 Å². The number of amides is 1. The lowest BCUT2D eigenvalue weighted by molar-refractivity contribution is -0.117. The first-order chi connectivity index (χ1) is 9.15. The maximum Gasteiger partial charge on any atom is 0.226 e. The lowest BCUT2D eigenvalue weighted by atomic mass is 10.1. The van der Waals surface area contributed by atoms with Crippen LogP contribution in [-0.4, -0.2) is 41.5 Å². The molecule has 1 saturated heterocycles. The van der Waals surface area contributed by atoms with E-state index in [9.17, 15) is 4.79 Å². The fraction of sp³-hybridized carbons (Fsp3) is 0.692. The van der Waals surface area contributed by atoms with Crippen LogP contribution in [0.3, 0.4) is 0 Å². The van der Waals surface area contributed by atoms with Gasteiger partial charge in [0.25, 0.3) is 0 Å². The Hall–Kier alpha value is -1.40. The molecule has 1 amide bonds. The van der Waals surface area contributed by atoms with Crippen LogP contribution in [0, 0.1) is 6.92 Å². The van der Waals surface area contributed by atoms with Crippen molar-refractivity contribution in [1.82, 2.24) is 15.1 Å². The van der Waals surface area contributed by atoms with Crippen molar-refractivity contribution in [3.8, 4) is 0 Å². The molecule has 1 fully saturated rings. The van der Waals surface area contributed by atoms with Gasteiger partial charge in [-0.1, -0.05) is 0 Å². The minimum absolute atomic E-state index is 0.0231. The van der Waals surface area contributed by atoms with Crippen molar-refractivity contribution in [3.63, 3.8) is 0 Å². The number of hydrogen-bond donors (Lipinski definition) is 2. The number of anilines is 1. The van der Waals surface area contributed by atoms with E-state index in [-0.39, 0.29) is 5.91 Å². The van der Waals surface area contributed by atoms with Crippen molar-refractivity contribution >= 4 is 11.6 Å². The predicted octanol–water partition coefficient (Wildman–Crippen LogP) is 0.826. The molecule has 0 aliphatic carbocycles. The van der Waals surface area contributed by atoms with E-state index < -0.39 is 0 Å². The number of rotatable bonds is 5. The van der Waals surface area contributed by atoms with E-state index >= 15 is 0 Å². The molecule has 0 aromatic carbocycles. The maximum absolute atomic E-state index is 11.8. The van der Waals surface area contributed by atoms with Crippen LogP contribution in [-0.2, 0) is 16.6 Å². The molecular weight excluding hydrogens is 244 g/mol. The van der Waals surface area contributed by atoms with E-state index in [1.807, 2.05) is 14.0 Å². The van der Waals surface area contributed by atoms with Gasteiger partial charge in [0.2, 0.25) is 5.91 Å². The topological polar surface area (TPSA) is 68.2 Å². The zero-order valence-corrected chi connectivity index (χ0v) is 11.6. The summed E-state index contributed by atoms with van der Waals surface area (Å²) in [5, 5.41) is 10.3. The molecule has 6 heteroatoms. The van der Waals surface area contributed by atoms with Gasteiger partial charge in [-0.25, -0.2) is 0 Å². The summed E-state index contributed by atoms with van der Waals surface area (Å²) in [6.45, 7) is 4.37. The Bertz CT molecular complexity index is 424. The maximum atomic E-state index is 11.8. The Balaban J connectivity index is 1.68. The summed E-state index contributed by atoms with van der Waals surface area (Å²) in [5.74, 6) is -0.0231. The Labute approximate surface area is 113 Å². The molecule has 6 nitrogen and oxygen atoms in total. The number of carbonyl (C=O) groups excluding carboxylic acids is 1. The average molecular weight is 266 g/mol. The van der Waals surface area contributed by atoms with Gasteiger partial charge in [0.05, 0.1) is 30.5 Å². The van der Waals surface area contributed by atoms with Crippen LogP contribution in [0.25, 0.3) is 0 Å². The molecule has 2 N–H and O–H groups in total. The molecule has 106 valence electrons. The summed E-state index contributed by atoms with van der Waals surface area (Å²) in [6.07, 6.45) is 4.56. The lowest BCUT2D eigenvalue weighted by Gasteiger charge is -2.22. The number of nitrogens with zero attached hydrogens (tertiary/aromatic N) is 2. The van der Waals surface area contributed by atoms with E-state index in [0.29, 0.717) is 19.1 Å². The highest BCUT2D eigenvalue weighted by Crippen LogP contribution is 2.12. The van der Waals surface area contributed by atoms with Crippen molar-refractivity contribution < 1.29 is 9.53 Å². The van der Waals surface area contributed by atoms with Gasteiger partial charge in [-0.2, -0.15) is 5.10 Å². The number of ether oxygens (including phenoxy) is 1. The van der Waals surface area contributed by atoms with Crippen molar-refractivity contribution in [3.05, 3.63) is 11.9 Å². The summed E-state index contributed by atoms with van der Waals surface area (Å²) in [4.78, 5) is 11.8. The molecule has 1 aromatic rings. The predicted molar refractivity (Wildman–Crippen MR) is 73.0 cm³/mol. The Morgan fingerprint density at radius 1 is 1.58 bits per heavy atom. The van der Waals surface area contributed by atoms with Gasteiger partial charge in [-0.15, -0.1) is 0 Å². The second kappa shape index (κ2) is 6.68. The third-order valence-corrected chi connectivity index (χ3v) is 3.26. The molecule has 1 aliphatic rings. The summed E-state index contributed by atoms with van der Waals surface area (Å²) in [7, 11) is 1.84. The highest BCUT2D eigenvalue weighted by molar-refractivity contribution is 5.91. The molecule has 19 heavy (non-hydrogen) atoms. The van der Waals surface area contributed by atoms with Gasteiger partial charge in [-0.3, -0.25) is 9.48 Å². The molecule has 1 aliphatic heterocycles. The molecule has 0 atom stereocenters. The first-order valence-corrected chi connectivity index (χ1v) is 6.77. The number of hydrogen-bond acceptors (Lipinski definition) is 4. The molecular formula is C13H22N4O2. The van der Waals surface area contributed by atoms with Crippen LogP contribution in [0.2, 0.25) is 0 Å². The van der Waals surface area contributed by atoms with Crippen molar-refractivity contribution in [2.45, 2.75) is 32.3 Å². The summed E-state index contributed by atoms with van der Waals surface area (Å²) in [5.41, 5.74) is 1.60. The molecule has 0 radical (unpaired) electrons. The third kappa shape index (κ3) is 4.33.